The lowest BCUT2D eigenvalue weighted by Crippen LogP contribution is -2.29. The molecule has 82 valence electrons. The van der Waals surface area contributed by atoms with Gasteiger partial charge in [-0.15, -0.1) is 0 Å². The standard InChI is InChI=1S/C11H14ClFN2/c12-9-5-7(1-4-10(9)13)11(6-14)15-8-2-3-8/h1,4-5,8,11,15H,2-3,6,14H2. The van der Waals surface area contributed by atoms with E-state index in [0.717, 1.165) is 5.56 Å². The van der Waals surface area contributed by atoms with Crippen molar-refractivity contribution in [3.8, 4) is 0 Å². The molecule has 0 heterocycles. The Morgan fingerprint density at radius 3 is 2.80 bits per heavy atom. The fraction of sp³-hybridized carbons (Fsp3) is 0.455. The van der Waals surface area contributed by atoms with Gasteiger partial charge in [0.05, 0.1) is 5.02 Å². The highest BCUT2D eigenvalue weighted by Crippen LogP contribution is 2.25. The quantitative estimate of drug-likeness (QED) is 0.830. The molecular formula is C11H14ClFN2. The SMILES string of the molecule is NCC(NC1CC1)c1ccc(F)c(Cl)c1. The van der Waals surface area contributed by atoms with E-state index in [2.05, 4.69) is 5.32 Å². The Morgan fingerprint density at radius 1 is 1.53 bits per heavy atom. The Morgan fingerprint density at radius 2 is 2.27 bits per heavy atom. The molecule has 1 aromatic carbocycles. The van der Waals surface area contributed by atoms with Crippen LogP contribution in [0, 0.1) is 5.82 Å². The minimum atomic E-state index is -0.386. The molecular weight excluding hydrogens is 215 g/mol. The second-order valence-electron chi connectivity index (χ2n) is 3.90. The first-order chi connectivity index (χ1) is 7.20. The minimum Gasteiger partial charge on any atom is -0.329 e. The van der Waals surface area contributed by atoms with Gasteiger partial charge in [0.25, 0.3) is 0 Å². The summed E-state index contributed by atoms with van der Waals surface area (Å²) in [7, 11) is 0. The van der Waals surface area contributed by atoms with Gasteiger partial charge in [-0.25, -0.2) is 4.39 Å². The molecule has 1 aliphatic rings. The first-order valence-corrected chi connectivity index (χ1v) is 5.49. The number of nitrogens with two attached hydrogens (primary N) is 1. The van der Waals surface area contributed by atoms with Crippen LogP contribution in [0.15, 0.2) is 18.2 Å². The molecule has 4 heteroatoms. The van der Waals surface area contributed by atoms with Crippen LogP contribution in [-0.2, 0) is 0 Å². The van der Waals surface area contributed by atoms with Crippen LogP contribution in [0.2, 0.25) is 5.02 Å². The summed E-state index contributed by atoms with van der Waals surface area (Å²) in [5.74, 6) is -0.386. The molecule has 0 amide bonds. The highest BCUT2D eigenvalue weighted by molar-refractivity contribution is 6.30. The Hall–Kier alpha value is -0.640. The summed E-state index contributed by atoms with van der Waals surface area (Å²) in [5.41, 5.74) is 6.62. The van der Waals surface area contributed by atoms with Crippen molar-refractivity contribution >= 4 is 11.6 Å². The molecule has 0 spiro atoms. The van der Waals surface area contributed by atoms with E-state index < -0.39 is 0 Å². The minimum absolute atomic E-state index is 0.0793. The summed E-state index contributed by atoms with van der Waals surface area (Å²) < 4.78 is 13.0. The van der Waals surface area contributed by atoms with Crippen molar-refractivity contribution in [2.45, 2.75) is 24.9 Å². The van der Waals surface area contributed by atoms with Gasteiger partial charge in [-0.2, -0.15) is 0 Å². The van der Waals surface area contributed by atoms with Crippen molar-refractivity contribution in [2.75, 3.05) is 6.54 Å². The third-order valence-electron chi connectivity index (χ3n) is 2.60. The van der Waals surface area contributed by atoms with Gasteiger partial charge in [0, 0.05) is 18.6 Å². The van der Waals surface area contributed by atoms with Gasteiger partial charge in [-0.05, 0) is 30.5 Å². The van der Waals surface area contributed by atoms with E-state index >= 15 is 0 Å². The van der Waals surface area contributed by atoms with E-state index in [1.807, 2.05) is 0 Å². The number of rotatable bonds is 4. The van der Waals surface area contributed by atoms with Crippen LogP contribution in [0.4, 0.5) is 4.39 Å². The van der Waals surface area contributed by atoms with Gasteiger partial charge < -0.3 is 11.1 Å². The Kier molecular flexibility index (Phi) is 3.24. The van der Waals surface area contributed by atoms with E-state index in [9.17, 15) is 4.39 Å². The predicted octanol–water partition coefficient (Wildman–Crippen LogP) is 2.23. The average molecular weight is 229 g/mol. The predicted molar refractivity (Wildman–Crippen MR) is 59.4 cm³/mol. The van der Waals surface area contributed by atoms with Gasteiger partial charge in [0.2, 0.25) is 0 Å². The Balaban J connectivity index is 2.13. The molecule has 1 aliphatic carbocycles. The molecule has 1 aromatic rings. The molecule has 1 unspecified atom stereocenters. The van der Waals surface area contributed by atoms with E-state index in [0.29, 0.717) is 12.6 Å². The zero-order valence-electron chi connectivity index (χ0n) is 8.34. The van der Waals surface area contributed by atoms with Crippen LogP contribution in [0.3, 0.4) is 0 Å². The topological polar surface area (TPSA) is 38.0 Å². The van der Waals surface area contributed by atoms with Gasteiger partial charge in [0.1, 0.15) is 5.82 Å². The maximum absolute atomic E-state index is 13.0. The number of nitrogens with one attached hydrogen (secondary N) is 1. The normalized spacial score (nSPS) is 17.8. The summed E-state index contributed by atoms with van der Waals surface area (Å²) in [6.07, 6.45) is 2.40. The second-order valence-corrected chi connectivity index (χ2v) is 4.31. The zero-order valence-corrected chi connectivity index (χ0v) is 9.10. The summed E-state index contributed by atoms with van der Waals surface area (Å²) in [5, 5.41) is 3.55. The maximum atomic E-state index is 13.0. The van der Waals surface area contributed by atoms with E-state index in [4.69, 9.17) is 17.3 Å². The average Bonchev–Trinajstić information content (AvgIpc) is 3.02. The zero-order chi connectivity index (χ0) is 10.8. The van der Waals surface area contributed by atoms with Gasteiger partial charge in [-0.3, -0.25) is 0 Å². The Bertz CT molecular complexity index is 352. The maximum Gasteiger partial charge on any atom is 0.141 e. The smallest absolute Gasteiger partial charge is 0.141 e. The molecule has 0 aliphatic heterocycles. The summed E-state index contributed by atoms with van der Waals surface area (Å²) in [6, 6.07) is 5.41. The lowest BCUT2D eigenvalue weighted by Gasteiger charge is -2.17. The molecule has 1 fully saturated rings. The molecule has 0 bridgehead atoms. The Labute approximate surface area is 93.6 Å². The number of hydrogen-bond donors (Lipinski definition) is 2. The van der Waals surface area contributed by atoms with Crippen LogP contribution < -0.4 is 11.1 Å². The second kappa shape index (κ2) is 4.47. The molecule has 2 nitrogen and oxygen atoms in total. The summed E-state index contributed by atoms with van der Waals surface area (Å²) in [4.78, 5) is 0. The van der Waals surface area contributed by atoms with Crippen LogP contribution in [0.5, 0.6) is 0 Å². The summed E-state index contributed by atoms with van der Waals surface area (Å²) >= 11 is 5.72. The summed E-state index contributed by atoms with van der Waals surface area (Å²) in [6.45, 7) is 0.498. The van der Waals surface area contributed by atoms with Crippen LogP contribution in [0.25, 0.3) is 0 Å². The van der Waals surface area contributed by atoms with Crippen LogP contribution in [-0.4, -0.2) is 12.6 Å². The van der Waals surface area contributed by atoms with Gasteiger partial charge in [0.15, 0.2) is 0 Å². The monoisotopic (exact) mass is 228 g/mol. The first kappa shape index (κ1) is 10.9. The third kappa shape index (κ3) is 2.68. The lowest BCUT2D eigenvalue weighted by molar-refractivity contribution is 0.537. The largest absolute Gasteiger partial charge is 0.329 e. The van der Waals surface area contributed by atoms with E-state index in [1.54, 1.807) is 12.1 Å². The fourth-order valence-corrected chi connectivity index (χ4v) is 1.75. The van der Waals surface area contributed by atoms with E-state index in [1.165, 1.54) is 18.9 Å². The van der Waals surface area contributed by atoms with Crippen molar-refractivity contribution < 1.29 is 4.39 Å². The van der Waals surface area contributed by atoms with Gasteiger partial charge in [-0.1, -0.05) is 17.7 Å². The molecule has 0 aromatic heterocycles. The number of benzene rings is 1. The molecule has 3 N–H and O–H groups in total. The highest BCUT2D eigenvalue weighted by atomic mass is 35.5. The highest BCUT2D eigenvalue weighted by Gasteiger charge is 2.24. The van der Waals surface area contributed by atoms with Crippen LogP contribution in [0.1, 0.15) is 24.4 Å². The number of halogens is 2. The first-order valence-electron chi connectivity index (χ1n) is 5.12. The van der Waals surface area contributed by atoms with Crippen molar-refractivity contribution in [3.63, 3.8) is 0 Å². The van der Waals surface area contributed by atoms with Crippen molar-refractivity contribution in [1.29, 1.82) is 0 Å². The molecule has 2 rings (SSSR count). The van der Waals surface area contributed by atoms with E-state index in [-0.39, 0.29) is 16.9 Å². The molecule has 0 saturated heterocycles. The molecule has 15 heavy (non-hydrogen) atoms. The van der Waals surface area contributed by atoms with Crippen LogP contribution >= 0.6 is 11.6 Å². The third-order valence-corrected chi connectivity index (χ3v) is 2.89. The molecule has 1 atom stereocenters. The lowest BCUT2D eigenvalue weighted by atomic mass is 10.1. The molecule has 0 radical (unpaired) electrons. The van der Waals surface area contributed by atoms with Gasteiger partial charge >= 0.3 is 0 Å². The van der Waals surface area contributed by atoms with Crippen molar-refractivity contribution in [2.24, 2.45) is 5.73 Å². The van der Waals surface area contributed by atoms with Crippen molar-refractivity contribution in [1.82, 2.24) is 5.32 Å². The van der Waals surface area contributed by atoms with Crippen molar-refractivity contribution in [3.05, 3.63) is 34.6 Å². The molecule has 1 saturated carbocycles. The fourth-order valence-electron chi connectivity index (χ4n) is 1.56. The number of hydrogen-bond acceptors (Lipinski definition) is 2.